The molecular weight excluding hydrogens is 184 g/mol. The van der Waals surface area contributed by atoms with E-state index >= 15 is 0 Å². The van der Waals surface area contributed by atoms with Crippen LogP contribution in [0.5, 0.6) is 0 Å². The van der Waals surface area contributed by atoms with E-state index in [0.717, 1.165) is 12.8 Å². The molecule has 1 rings (SSSR count). The van der Waals surface area contributed by atoms with Gasteiger partial charge in [0.1, 0.15) is 0 Å². The predicted molar refractivity (Wildman–Crippen MR) is 51.0 cm³/mol. The average Bonchev–Trinajstić information content (AvgIpc) is 2.64. The molecule has 4 heteroatoms. The first kappa shape index (κ1) is 11.5. The molecule has 1 saturated heterocycles. The van der Waals surface area contributed by atoms with Crippen molar-refractivity contribution >= 4 is 5.97 Å². The number of aliphatic hydroxyl groups is 1. The van der Waals surface area contributed by atoms with Crippen molar-refractivity contribution in [3.8, 4) is 0 Å². The number of aliphatic carboxylic acids is 1. The first-order chi connectivity index (χ1) is 6.56. The molecule has 0 radical (unpaired) electrons. The number of carbonyl (C=O) groups is 1. The van der Waals surface area contributed by atoms with Crippen molar-refractivity contribution in [1.82, 2.24) is 0 Å². The SMILES string of the molecule is CC[C@@H](O)[C@H]1CC[C@@H]([C@H](C)C(=O)O)O1. The van der Waals surface area contributed by atoms with Gasteiger partial charge in [0.2, 0.25) is 0 Å². The standard InChI is InChI=1S/C10H18O4/c1-3-7(11)9-5-4-8(14-9)6(2)10(12)13/h6-9,11H,3-5H2,1-2H3,(H,12,13)/t6-,7+,8-,9+/m0/s1. The average molecular weight is 202 g/mol. The molecule has 1 aliphatic rings. The summed E-state index contributed by atoms with van der Waals surface area (Å²) < 4.78 is 5.51. The lowest BCUT2D eigenvalue weighted by Gasteiger charge is -2.19. The van der Waals surface area contributed by atoms with Crippen molar-refractivity contribution in [2.24, 2.45) is 5.92 Å². The van der Waals surface area contributed by atoms with Crippen LogP contribution in [0.1, 0.15) is 33.1 Å². The highest BCUT2D eigenvalue weighted by Crippen LogP contribution is 2.28. The van der Waals surface area contributed by atoms with Gasteiger partial charge < -0.3 is 14.9 Å². The molecule has 1 fully saturated rings. The Bertz CT molecular complexity index is 204. The molecular formula is C10H18O4. The lowest BCUT2D eigenvalue weighted by atomic mass is 10.0. The van der Waals surface area contributed by atoms with Gasteiger partial charge in [0.25, 0.3) is 0 Å². The molecule has 1 aliphatic heterocycles. The van der Waals surface area contributed by atoms with E-state index in [1.165, 1.54) is 0 Å². The van der Waals surface area contributed by atoms with Gasteiger partial charge >= 0.3 is 5.97 Å². The molecule has 0 amide bonds. The molecule has 4 nitrogen and oxygen atoms in total. The fraction of sp³-hybridized carbons (Fsp3) is 0.900. The number of aliphatic hydroxyl groups excluding tert-OH is 1. The maximum Gasteiger partial charge on any atom is 0.308 e. The Morgan fingerprint density at radius 1 is 1.50 bits per heavy atom. The molecule has 0 aromatic heterocycles. The summed E-state index contributed by atoms with van der Waals surface area (Å²) in [5, 5.41) is 18.3. The third kappa shape index (κ3) is 2.45. The Kier molecular flexibility index (Phi) is 3.89. The quantitative estimate of drug-likeness (QED) is 0.714. The Morgan fingerprint density at radius 3 is 2.57 bits per heavy atom. The van der Waals surface area contributed by atoms with E-state index in [0.29, 0.717) is 6.42 Å². The Hall–Kier alpha value is -0.610. The van der Waals surface area contributed by atoms with E-state index in [2.05, 4.69) is 0 Å². The van der Waals surface area contributed by atoms with Crippen LogP contribution in [0.15, 0.2) is 0 Å². The first-order valence-corrected chi connectivity index (χ1v) is 5.12. The molecule has 4 atom stereocenters. The van der Waals surface area contributed by atoms with Gasteiger partial charge in [0, 0.05) is 0 Å². The Balaban J connectivity index is 2.44. The maximum atomic E-state index is 10.7. The highest BCUT2D eigenvalue weighted by molar-refractivity contribution is 5.70. The van der Waals surface area contributed by atoms with Gasteiger partial charge in [0.15, 0.2) is 0 Å². The van der Waals surface area contributed by atoms with Crippen LogP contribution in [0.2, 0.25) is 0 Å². The van der Waals surface area contributed by atoms with Crippen LogP contribution in [0.4, 0.5) is 0 Å². The molecule has 0 unspecified atom stereocenters. The molecule has 1 heterocycles. The van der Waals surface area contributed by atoms with Gasteiger partial charge in [-0.2, -0.15) is 0 Å². The third-order valence-corrected chi connectivity index (χ3v) is 2.88. The second-order valence-electron chi connectivity index (χ2n) is 3.89. The molecule has 2 N–H and O–H groups in total. The van der Waals surface area contributed by atoms with Gasteiger partial charge in [0.05, 0.1) is 24.2 Å². The number of hydrogen-bond acceptors (Lipinski definition) is 3. The number of rotatable bonds is 4. The van der Waals surface area contributed by atoms with E-state index in [4.69, 9.17) is 9.84 Å². The molecule has 82 valence electrons. The minimum atomic E-state index is -0.832. The monoisotopic (exact) mass is 202 g/mol. The van der Waals surface area contributed by atoms with Crippen molar-refractivity contribution in [1.29, 1.82) is 0 Å². The summed E-state index contributed by atoms with van der Waals surface area (Å²) in [6, 6.07) is 0. The topological polar surface area (TPSA) is 66.8 Å². The molecule has 14 heavy (non-hydrogen) atoms. The predicted octanol–water partition coefficient (Wildman–Crippen LogP) is 1.03. The normalized spacial score (nSPS) is 31.4. The molecule has 0 aliphatic carbocycles. The number of hydrogen-bond donors (Lipinski definition) is 2. The summed E-state index contributed by atoms with van der Waals surface area (Å²) in [4.78, 5) is 10.7. The summed E-state index contributed by atoms with van der Waals surface area (Å²) in [6.45, 7) is 3.54. The first-order valence-electron chi connectivity index (χ1n) is 5.12. The van der Waals surface area contributed by atoms with Crippen molar-refractivity contribution in [3.63, 3.8) is 0 Å². The van der Waals surface area contributed by atoms with Crippen LogP contribution < -0.4 is 0 Å². The Labute approximate surface area is 83.9 Å². The number of carboxylic acids is 1. The molecule has 0 spiro atoms. The van der Waals surface area contributed by atoms with Crippen LogP contribution in [0.3, 0.4) is 0 Å². The highest BCUT2D eigenvalue weighted by atomic mass is 16.5. The lowest BCUT2D eigenvalue weighted by Crippen LogP contribution is -2.30. The molecule has 0 bridgehead atoms. The van der Waals surface area contributed by atoms with E-state index in [1.54, 1.807) is 6.92 Å². The Morgan fingerprint density at radius 2 is 2.07 bits per heavy atom. The lowest BCUT2D eigenvalue weighted by molar-refractivity contribution is -0.147. The number of ether oxygens (including phenoxy) is 1. The van der Waals surface area contributed by atoms with Crippen LogP contribution >= 0.6 is 0 Å². The summed E-state index contributed by atoms with van der Waals surface area (Å²) in [5.74, 6) is -1.31. The van der Waals surface area contributed by atoms with Gasteiger partial charge in [-0.3, -0.25) is 4.79 Å². The second-order valence-corrected chi connectivity index (χ2v) is 3.89. The van der Waals surface area contributed by atoms with E-state index in [1.807, 2.05) is 6.92 Å². The number of carboxylic acid groups (broad SMARTS) is 1. The van der Waals surface area contributed by atoms with E-state index in [-0.39, 0.29) is 12.2 Å². The third-order valence-electron chi connectivity index (χ3n) is 2.88. The molecule has 0 saturated carbocycles. The summed E-state index contributed by atoms with van der Waals surface area (Å²) >= 11 is 0. The van der Waals surface area contributed by atoms with Gasteiger partial charge in [-0.1, -0.05) is 6.92 Å². The largest absolute Gasteiger partial charge is 0.481 e. The van der Waals surface area contributed by atoms with Crippen molar-refractivity contribution in [2.45, 2.75) is 51.4 Å². The molecule has 0 aromatic carbocycles. The van der Waals surface area contributed by atoms with Gasteiger partial charge in [-0.15, -0.1) is 0 Å². The fourth-order valence-corrected chi connectivity index (χ4v) is 1.76. The van der Waals surface area contributed by atoms with Gasteiger partial charge in [-0.25, -0.2) is 0 Å². The zero-order valence-electron chi connectivity index (χ0n) is 8.64. The second kappa shape index (κ2) is 4.75. The van der Waals surface area contributed by atoms with Crippen LogP contribution in [0.25, 0.3) is 0 Å². The zero-order valence-corrected chi connectivity index (χ0v) is 8.64. The minimum Gasteiger partial charge on any atom is -0.481 e. The maximum absolute atomic E-state index is 10.7. The zero-order chi connectivity index (χ0) is 10.7. The summed E-state index contributed by atoms with van der Waals surface area (Å²) in [6.07, 6.45) is 1.28. The summed E-state index contributed by atoms with van der Waals surface area (Å²) in [5.41, 5.74) is 0. The van der Waals surface area contributed by atoms with Crippen LogP contribution in [0, 0.1) is 5.92 Å². The van der Waals surface area contributed by atoms with E-state index in [9.17, 15) is 9.90 Å². The van der Waals surface area contributed by atoms with E-state index < -0.39 is 18.0 Å². The van der Waals surface area contributed by atoms with Crippen LogP contribution in [-0.4, -0.2) is 34.5 Å². The minimum absolute atomic E-state index is 0.174. The van der Waals surface area contributed by atoms with Crippen molar-refractivity contribution < 1.29 is 19.7 Å². The smallest absolute Gasteiger partial charge is 0.308 e. The van der Waals surface area contributed by atoms with Crippen LogP contribution in [-0.2, 0) is 9.53 Å². The fourth-order valence-electron chi connectivity index (χ4n) is 1.76. The highest BCUT2D eigenvalue weighted by Gasteiger charge is 2.35. The van der Waals surface area contributed by atoms with Crippen molar-refractivity contribution in [3.05, 3.63) is 0 Å². The van der Waals surface area contributed by atoms with Crippen molar-refractivity contribution in [2.75, 3.05) is 0 Å². The molecule has 0 aromatic rings. The van der Waals surface area contributed by atoms with Gasteiger partial charge in [-0.05, 0) is 26.2 Å². The summed E-state index contributed by atoms with van der Waals surface area (Å²) in [7, 11) is 0.